The Hall–Kier alpha value is -1.89. The zero-order valence-corrected chi connectivity index (χ0v) is 11.7. The molecule has 0 aliphatic heterocycles. The molecule has 0 bridgehead atoms. The minimum absolute atomic E-state index is 0.193. The van der Waals surface area contributed by atoms with Crippen molar-refractivity contribution < 1.29 is 4.79 Å². The first-order valence-electron chi connectivity index (χ1n) is 7.50. The van der Waals surface area contributed by atoms with E-state index in [1.54, 1.807) is 0 Å². The zero-order valence-electron chi connectivity index (χ0n) is 11.7. The van der Waals surface area contributed by atoms with E-state index >= 15 is 0 Å². The monoisotopic (exact) mass is 264 g/mol. The second kappa shape index (κ2) is 6.04. The summed E-state index contributed by atoms with van der Waals surface area (Å²) in [5, 5.41) is 0. The molecule has 0 saturated heterocycles. The Balaban J connectivity index is 1.73. The van der Waals surface area contributed by atoms with E-state index < -0.39 is 0 Å². The first-order chi connectivity index (χ1) is 9.84. The van der Waals surface area contributed by atoms with Gasteiger partial charge in [0.2, 0.25) is 0 Å². The molecule has 1 atom stereocenters. The van der Waals surface area contributed by atoms with Crippen LogP contribution < -0.4 is 0 Å². The van der Waals surface area contributed by atoms with Gasteiger partial charge in [0, 0.05) is 11.5 Å². The molecule has 0 spiro atoms. The van der Waals surface area contributed by atoms with Crippen LogP contribution in [-0.4, -0.2) is 5.78 Å². The third-order valence-corrected chi connectivity index (χ3v) is 4.28. The first-order valence-corrected chi connectivity index (χ1v) is 7.50. The van der Waals surface area contributed by atoms with E-state index in [0.717, 1.165) is 37.7 Å². The minimum Gasteiger partial charge on any atom is -0.294 e. The van der Waals surface area contributed by atoms with Crippen molar-refractivity contribution in [3.63, 3.8) is 0 Å². The average Bonchev–Trinajstić information content (AvgIpc) is 2.66. The summed E-state index contributed by atoms with van der Waals surface area (Å²) in [6.07, 6.45) is 5.17. The van der Waals surface area contributed by atoms with Crippen LogP contribution in [0.15, 0.2) is 54.6 Å². The Morgan fingerprint density at radius 3 is 2.55 bits per heavy atom. The van der Waals surface area contributed by atoms with Crippen molar-refractivity contribution in [2.75, 3.05) is 0 Å². The van der Waals surface area contributed by atoms with E-state index in [9.17, 15) is 4.79 Å². The molecule has 0 fully saturated rings. The molecule has 3 rings (SSSR count). The van der Waals surface area contributed by atoms with E-state index in [-0.39, 0.29) is 5.92 Å². The van der Waals surface area contributed by atoms with E-state index in [1.165, 1.54) is 11.1 Å². The molecule has 102 valence electrons. The molecule has 2 aromatic carbocycles. The molecule has 1 unspecified atom stereocenters. The fraction of sp³-hybridized carbons (Fsp3) is 0.316. The molecule has 20 heavy (non-hydrogen) atoms. The van der Waals surface area contributed by atoms with Gasteiger partial charge in [0.15, 0.2) is 5.78 Å². The van der Waals surface area contributed by atoms with Crippen LogP contribution in [0.2, 0.25) is 0 Å². The van der Waals surface area contributed by atoms with Crippen LogP contribution in [0.25, 0.3) is 0 Å². The molecule has 1 heteroatoms. The van der Waals surface area contributed by atoms with Gasteiger partial charge in [-0.25, -0.2) is 0 Å². The Labute approximate surface area is 120 Å². The Bertz CT molecular complexity index is 586. The van der Waals surface area contributed by atoms with E-state index in [2.05, 4.69) is 30.3 Å². The Kier molecular flexibility index (Phi) is 3.96. The van der Waals surface area contributed by atoms with Gasteiger partial charge in [0.1, 0.15) is 0 Å². The van der Waals surface area contributed by atoms with E-state index in [1.807, 2.05) is 24.3 Å². The highest BCUT2D eigenvalue weighted by Gasteiger charge is 2.24. The van der Waals surface area contributed by atoms with Gasteiger partial charge < -0.3 is 0 Å². The van der Waals surface area contributed by atoms with Gasteiger partial charge >= 0.3 is 0 Å². The quantitative estimate of drug-likeness (QED) is 0.748. The molecular formula is C19H20O. The van der Waals surface area contributed by atoms with Gasteiger partial charge in [-0.15, -0.1) is 0 Å². The van der Waals surface area contributed by atoms with Gasteiger partial charge in [0.25, 0.3) is 0 Å². The second-order valence-corrected chi connectivity index (χ2v) is 5.63. The van der Waals surface area contributed by atoms with Crippen LogP contribution in [0.3, 0.4) is 0 Å². The van der Waals surface area contributed by atoms with Crippen LogP contribution in [0.1, 0.15) is 40.7 Å². The summed E-state index contributed by atoms with van der Waals surface area (Å²) < 4.78 is 0. The highest BCUT2D eigenvalue weighted by molar-refractivity contribution is 5.99. The molecule has 0 radical (unpaired) electrons. The number of carbonyl (C=O) groups excluding carboxylic acids is 1. The summed E-state index contributed by atoms with van der Waals surface area (Å²) in [5.74, 6) is 0.549. The van der Waals surface area contributed by atoms with Crippen molar-refractivity contribution in [1.29, 1.82) is 0 Å². The predicted octanol–water partition coefficient (Wildman–Crippen LogP) is 4.45. The van der Waals surface area contributed by atoms with Crippen LogP contribution in [0, 0.1) is 5.92 Å². The maximum absolute atomic E-state index is 12.7. The standard InChI is InChI=1S/C19H20O/c20-19-17(14-13-15-7-2-1-3-8-15)11-6-10-16-9-4-5-12-18(16)19/h1-5,7-9,12,17H,6,10-11,13-14H2. The first kappa shape index (κ1) is 13.1. The highest BCUT2D eigenvalue weighted by atomic mass is 16.1. The zero-order chi connectivity index (χ0) is 13.8. The smallest absolute Gasteiger partial charge is 0.166 e. The lowest BCUT2D eigenvalue weighted by Crippen LogP contribution is -2.15. The molecule has 1 aliphatic rings. The van der Waals surface area contributed by atoms with Crippen molar-refractivity contribution in [2.24, 2.45) is 5.92 Å². The second-order valence-electron chi connectivity index (χ2n) is 5.63. The number of carbonyl (C=O) groups is 1. The third-order valence-electron chi connectivity index (χ3n) is 4.28. The van der Waals surface area contributed by atoms with Gasteiger partial charge in [0.05, 0.1) is 0 Å². The van der Waals surface area contributed by atoms with Crippen LogP contribution >= 0.6 is 0 Å². The van der Waals surface area contributed by atoms with Gasteiger partial charge in [-0.2, -0.15) is 0 Å². The lowest BCUT2D eigenvalue weighted by molar-refractivity contribution is 0.0909. The van der Waals surface area contributed by atoms with Gasteiger partial charge in [-0.05, 0) is 43.2 Å². The number of fused-ring (bicyclic) bond motifs is 1. The topological polar surface area (TPSA) is 17.1 Å². The Morgan fingerprint density at radius 2 is 1.70 bits per heavy atom. The number of aryl methyl sites for hydroxylation is 2. The molecule has 1 nitrogen and oxygen atoms in total. The molecule has 0 amide bonds. The fourth-order valence-corrected chi connectivity index (χ4v) is 3.13. The fourth-order valence-electron chi connectivity index (χ4n) is 3.13. The number of hydrogen-bond acceptors (Lipinski definition) is 1. The third kappa shape index (κ3) is 2.82. The van der Waals surface area contributed by atoms with Crippen LogP contribution in [0.5, 0.6) is 0 Å². The number of rotatable bonds is 3. The van der Waals surface area contributed by atoms with Crippen molar-refractivity contribution >= 4 is 5.78 Å². The number of ketones is 1. The van der Waals surface area contributed by atoms with Crippen molar-refractivity contribution in [3.8, 4) is 0 Å². The molecule has 0 N–H and O–H groups in total. The van der Waals surface area contributed by atoms with Gasteiger partial charge in [-0.3, -0.25) is 4.79 Å². The maximum atomic E-state index is 12.7. The van der Waals surface area contributed by atoms with Crippen LogP contribution in [0.4, 0.5) is 0 Å². The average molecular weight is 264 g/mol. The predicted molar refractivity (Wildman–Crippen MR) is 82.0 cm³/mol. The number of Topliss-reactive ketones (excluding diaryl/α,β-unsaturated/α-hetero) is 1. The Morgan fingerprint density at radius 1 is 0.950 bits per heavy atom. The molecule has 2 aromatic rings. The molecule has 0 heterocycles. The summed E-state index contributed by atoms with van der Waals surface area (Å²) >= 11 is 0. The minimum atomic E-state index is 0.193. The number of hydrogen-bond donors (Lipinski definition) is 0. The molecule has 0 saturated carbocycles. The summed E-state index contributed by atoms with van der Waals surface area (Å²) in [5.41, 5.74) is 3.53. The van der Waals surface area contributed by atoms with Crippen molar-refractivity contribution in [2.45, 2.75) is 32.1 Å². The molecule has 1 aliphatic carbocycles. The van der Waals surface area contributed by atoms with Crippen molar-refractivity contribution in [1.82, 2.24) is 0 Å². The molecule has 0 aromatic heterocycles. The van der Waals surface area contributed by atoms with E-state index in [4.69, 9.17) is 0 Å². The SMILES string of the molecule is O=C1c2ccccc2CCCC1CCc1ccccc1. The van der Waals surface area contributed by atoms with E-state index in [0.29, 0.717) is 5.78 Å². The summed E-state index contributed by atoms with van der Waals surface area (Å²) in [6, 6.07) is 18.6. The lowest BCUT2D eigenvalue weighted by atomic mass is 9.90. The van der Waals surface area contributed by atoms with Gasteiger partial charge in [-0.1, -0.05) is 54.6 Å². The lowest BCUT2D eigenvalue weighted by Gasteiger charge is -2.13. The largest absolute Gasteiger partial charge is 0.294 e. The number of benzene rings is 2. The summed E-state index contributed by atoms with van der Waals surface area (Å²) in [6.45, 7) is 0. The van der Waals surface area contributed by atoms with Crippen LogP contribution in [-0.2, 0) is 12.8 Å². The molecular weight excluding hydrogens is 244 g/mol. The summed E-state index contributed by atoms with van der Waals surface area (Å²) in [7, 11) is 0. The van der Waals surface area contributed by atoms with Crippen molar-refractivity contribution in [3.05, 3.63) is 71.3 Å². The highest BCUT2D eigenvalue weighted by Crippen LogP contribution is 2.27. The summed E-state index contributed by atoms with van der Waals surface area (Å²) in [4.78, 5) is 12.7. The maximum Gasteiger partial charge on any atom is 0.166 e. The normalized spacial score (nSPS) is 18.4.